The molecule has 0 aromatic rings. The average Bonchev–Trinajstić information content (AvgIpc) is 2.36. The van der Waals surface area contributed by atoms with Gasteiger partial charge in [0.2, 0.25) is 11.8 Å². The topological polar surface area (TPSA) is 49.4 Å². The van der Waals surface area contributed by atoms with Crippen LogP contribution in [0.25, 0.3) is 0 Å². The maximum absolute atomic E-state index is 12.0. The Kier molecular flexibility index (Phi) is 3.92. The first-order valence-corrected chi connectivity index (χ1v) is 6.79. The standard InChI is InChI=1S/C12H19ClN2O2/c1-8(6-13)12(17)15-5-4-10-9(7-15)2-3-11(16)14-10/h8-10H,2-7H2,1H3,(H,14,16). The Balaban J connectivity index is 1.94. The van der Waals surface area contributed by atoms with Crippen LogP contribution in [0.15, 0.2) is 0 Å². The smallest absolute Gasteiger partial charge is 0.226 e. The van der Waals surface area contributed by atoms with Crippen molar-refractivity contribution in [2.75, 3.05) is 19.0 Å². The molecule has 2 aliphatic rings. The van der Waals surface area contributed by atoms with E-state index in [1.165, 1.54) is 0 Å². The van der Waals surface area contributed by atoms with Crippen LogP contribution in [-0.4, -0.2) is 41.7 Å². The molecule has 2 rings (SSSR count). The first kappa shape index (κ1) is 12.7. The van der Waals surface area contributed by atoms with Gasteiger partial charge in [0.15, 0.2) is 0 Å². The summed E-state index contributed by atoms with van der Waals surface area (Å²) >= 11 is 5.72. The fourth-order valence-electron chi connectivity index (χ4n) is 2.69. The number of fused-ring (bicyclic) bond motifs is 1. The maximum Gasteiger partial charge on any atom is 0.226 e. The Bertz CT molecular complexity index is 322. The molecule has 3 unspecified atom stereocenters. The van der Waals surface area contributed by atoms with Crippen LogP contribution >= 0.6 is 11.6 Å². The molecule has 1 N–H and O–H groups in total. The number of nitrogens with one attached hydrogen (secondary N) is 1. The lowest BCUT2D eigenvalue weighted by atomic mass is 9.85. The number of amides is 2. The van der Waals surface area contributed by atoms with E-state index in [-0.39, 0.29) is 23.8 Å². The van der Waals surface area contributed by atoms with Gasteiger partial charge < -0.3 is 10.2 Å². The number of hydrogen-bond acceptors (Lipinski definition) is 2. The lowest BCUT2D eigenvalue weighted by molar-refractivity contribution is -0.137. The van der Waals surface area contributed by atoms with Crippen molar-refractivity contribution in [3.8, 4) is 0 Å². The van der Waals surface area contributed by atoms with E-state index in [0.717, 1.165) is 25.9 Å². The summed E-state index contributed by atoms with van der Waals surface area (Å²) in [6, 6.07) is 0.270. The van der Waals surface area contributed by atoms with Crippen molar-refractivity contribution in [2.45, 2.75) is 32.2 Å². The van der Waals surface area contributed by atoms with Gasteiger partial charge in [0.05, 0.1) is 0 Å². The molecule has 2 aliphatic heterocycles. The van der Waals surface area contributed by atoms with Crippen LogP contribution in [0.5, 0.6) is 0 Å². The molecule has 0 radical (unpaired) electrons. The zero-order chi connectivity index (χ0) is 12.4. The average molecular weight is 259 g/mol. The summed E-state index contributed by atoms with van der Waals surface area (Å²) < 4.78 is 0. The number of halogens is 1. The van der Waals surface area contributed by atoms with Gasteiger partial charge in [-0.3, -0.25) is 9.59 Å². The third-order valence-electron chi connectivity index (χ3n) is 3.79. The summed E-state index contributed by atoms with van der Waals surface area (Å²) in [5, 5.41) is 3.02. The molecular formula is C12H19ClN2O2. The third-order valence-corrected chi connectivity index (χ3v) is 4.25. The van der Waals surface area contributed by atoms with E-state index in [1.807, 2.05) is 11.8 Å². The number of carbonyl (C=O) groups is 2. The minimum Gasteiger partial charge on any atom is -0.353 e. The SMILES string of the molecule is CC(CCl)C(=O)N1CCC2NC(=O)CCC2C1. The quantitative estimate of drug-likeness (QED) is 0.751. The molecule has 2 heterocycles. The van der Waals surface area contributed by atoms with Crippen LogP contribution in [-0.2, 0) is 9.59 Å². The Labute approximate surface area is 107 Å². The highest BCUT2D eigenvalue weighted by molar-refractivity contribution is 6.19. The number of likely N-dealkylation sites (tertiary alicyclic amines) is 1. The van der Waals surface area contributed by atoms with Gasteiger partial charge in [-0.2, -0.15) is 0 Å². The van der Waals surface area contributed by atoms with Gasteiger partial charge >= 0.3 is 0 Å². The molecule has 2 fully saturated rings. The molecule has 0 aromatic heterocycles. The summed E-state index contributed by atoms with van der Waals surface area (Å²) in [4.78, 5) is 25.2. The zero-order valence-electron chi connectivity index (χ0n) is 10.1. The number of rotatable bonds is 2. The largest absolute Gasteiger partial charge is 0.353 e. The third kappa shape index (κ3) is 2.73. The lowest BCUT2D eigenvalue weighted by Crippen LogP contribution is -2.55. The van der Waals surface area contributed by atoms with E-state index in [9.17, 15) is 9.59 Å². The normalized spacial score (nSPS) is 30.5. The van der Waals surface area contributed by atoms with Gasteiger partial charge in [0.25, 0.3) is 0 Å². The number of piperidine rings is 2. The van der Waals surface area contributed by atoms with Crippen molar-refractivity contribution in [3.63, 3.8) is 0 Å². The second-order valence-corrected chi connectivity index (χ2v) is 5.41. The van der Waals surface area contributed by atoms with Gasteiger partial charge in [0.1, 0.15) is 0 Å². The Morgan fingerprint density at radius 3 is 3.06 bits per heavy atom. The minimum atomic E-state index is -0.105. The van der Waals surface area contributed by atoms with E-state index in [4.69, 9.17) is 11.6 Å². The second-order valence-electron chi connectivity index (χ2n) is 5.10. The van der Waals surface area contributed by atoms with E-state index < -0.39 is 0 Å². The maximum atomic E-state index is 12.0. The predicted molar refractivity (Wildman–Crippen MR) is 65.7 cm³/mol. The van der Waals surface area contributed by atoms with Crippen molar-refractivity contribution in [1.29, 1.82) is 0 Å². The molecule has 0 spiro atoms. The van der Waals surface area contributed by atoms with Crippen molar-refractivity contribution in [3.05, 3.63) is 0 Å². The summed E-state index contributed by atoms with van der Waals surface area (Å²) in [6.07, 6.45) is 2.36. The van der Waals surface area contributed by atoms with E-state index in [1.54, 1.807) is 0 Å². The molecule has 0 bridgehead atoms. The van der Waals surface area contributed by atoms with Gasteiger partial charge in [-0.1, -0.05) is 6.92 Å². The van der Waals surface area contributed by atoms with Crippen LogP contribution in [0, 0.1) is 11.8 Å². The van der Waals surface area contributed by atoms with E-state index in [0.29, 0.717) is 18.2 Å². The number of hydrogen-bond donors (Lipinski definition) is 1. The van der Waals surface area contributed by atoms with Crippen molar-refractivity contribution >= 4 is 23.4 Å². The van der Waals surface area contributed by atoms with Crippen LogP contribution in [0.2, 0.25) is 0 Å². The Morgan fingerprint density at radius 1 is 1.59 bits per heavy atom. The first-order valence-electron chi connectivity index (χ1n) is 6.26. The van der Waals surface area contributed by atoms with Gasteiger partial charge in [-0.05, 0) is 18.8 Å². The zero-order valence-corrected chi connectivity index (χ0v) is 10.9. The Hall–Kier alpha value is -0.770. The molecule has 0 aliphatic carbocycles. The fraction of sp³-hybridized carbons (Fsp3) is 0.833. The molecule has 5 heteroatoms. The molecule has 0 aromatic carbocycles. The van der Waals surface area contributed by atoms with E-state index >= 15 is 0 Å². The van der Waals surface area contributed by atoms with E-state index in [2.05, 4.69) is 5.32 Å². The summed E-state index contributed by atoms with van der Waals surface area (Å²) in [7, 11) is 0. The monoisotopic (exact) mass is 258 g/mol. The van der Waals surface area contributed by atoms with Gasteiger partial charge in [0, 0.05) is 37.4 Å². The number of carbonyl (C=O) groups excluding carboxylic acids is 2. The molecule has 2 saturated heterocycles. The highest BCUT2D eigenvalue weighted by atomic mass is 35.5. The molecule has 3 atom stereocenters. The van der Waals surface area contributed by atoms with Gasteiger partial charge in [-0.15, -0.1) is 11.6 Å². The summed E-state index contributed by atoms with van der Waals surface area (Å²) in [6.45, 7) is 3.37. The highest BCUT2D eigenvalue weighted by Crippen LogP contribution is 2.26. The highest BCUT2D eigenvalue weighted by Gasteiger charge is 2.35. The molecule has 4 nitrogen and oxygen atoms in total. The molecule has 2 amide bonds. The van der Waals surface area contributed by atoms with Gasteiger partial charge in [-0.25, -0.2) is 0 Å². The van der Waals surface area contributed by atoms with Crippen molar-refractivity contribution in [2.24, 2.45) is 11.8 Å². The van der Waals surface area contributed by atoms with Crippen LogP contribution in [0.4, 0.5) is 0 Å². The molecule has 96 valence electrons. The first-order chi connectivity index (χ1) is 8.11. The molecular weight excluding hydrogens is 240 g/mol. The van der Waals surface area contributed by atoms with Crippen LogP contribution in [0.1, 0.15) is 26.2 Å². The fourth-order valence-corrected chi connectivity index (χ4v) is 2.82. The lowest BCUT2D eigenvalue weighted by Gasteiger charge is -2.42. The van der Waals surface area contributed by atoms with Crippen LogP contribution < -0.4 is 5.32 Å². The Morgan fingerprint density at radius 2 is 2.35 bits per heavy atom. The van der Waals surface area contributed by atoms with Crippen molar-refractivity contribution in [1.82, 2.24) is 10.2 Å². The minimum absolute atomic E-state index is 0.105. The number of alkyl halides is 1. The number of nitrogens with zero attached hydrogens (tertiary/aromatic N) is 1. The summed E-state index contributed by atoms with van der Waals surface area (Å²) in [5.41, 5.74) is 0. The van der Waals surface area contributed by atoms with Crippen molar-refractivity contribution < 1.29 is 9.59 Å². The molecule has 17 heavy (non-hydrogen) atoms. The van der Waals surface area contributed by atoms with Crippen LogP contribution in [0.3, 0.4) is 0 Å². The molecule has 0 saturated carbocycles. The summed E-state index contributed by atoms with van der Waals surface area (Å²) in [5.74, 6) is 0.995. The predicted octanol–water partition coefficient (Wildman–Crippen LogP) is 0.988. The second kappa shape index (κ2) is 5.25.